The van der Waals surface area contributed by atoms with Gasteiger partial charge < -0.3 is 0 Å². The van der Waals surface area contributed by atoms with Crippen LogP contribution in [0.5, 0.6) is 0 Å². The molecular formula is C17H14N2O. The molecular weight excluding hydrogens is 248 g/mol. The summed E-state index contributed by atoms with van der Waals surface area (Å²) < 4.78 is 0. The van der Waals surface area contributed by atoms with Crippen molar-refractivity contribution in [1.29, 1.82) is 0 Å². The SMILES string of the molecule is O=C(CCc1ccncc1)c1cnc2ccccc2c1. The predicted octanol–water partition coefficient (Wildman–Crippen LogP) is 3.45. The highest BCUT2D eigenvalue weighted by atomic mass is 16.1. The average Bonchev–Trinajstić information content (AvgIpc) is 2.53. The number of carbonyl (C=O) groups is 1. The van der Waals surface area contributed by atoms with Crippen LogP contribution >= 0.6 is 0 Å². The van der Waals surface area contributed by atoms with Crippen LogP contribution in [0.4, 0.5) is 0 Å². The van der Waals surface area contributed by atoms with E-state index < -0.39 is 0 Å². The van der Waals surface area contributed by atoms with E-state index in [1.807, 2.05) is 42.5 Å². The van der Waals surface area contributed by atoms with Crippen molar-refractivity contribution < 1.29 is 4.79 Å². The number of rotatable bonds is 4. The molecule has 2 aromatic heterocycles. The molecule has 0 unspecified atom stereocenters. The number of fused-ring (bicyclic) bond motifs is 1. The van der Waals surface area contributed by atoms with Crippen molar-refractivity contribution in [2.24, 2.45) is 0 Å². The maximum atomic E-state index is 12.2. The number of aromatic nitrogens is 2. The molecule has 98 valence electrons. The van der Waals surface area contributed by atoms with Crippen molar-refractivity contribution in [2.45, 2.75) is 12.8 Å². The zero-order valence-corrected chi connectivity index (χ0v) is 11.0. The van der Waals surface area contributed by atoms with Crippen LogP contribution in [-0.2, 0) is 6.42 Å². The van der Waals surface area contributed by atoms with E-state index in [-0.39, 0.29) is 5.78 Å². The lowest BCUT2D eigenvalue weighted by atomic mass is 10.0. The topological polar surface area (TPSA) is 42.9 Å². The van der Waals surface area contributed by atoms with Gasteiger partial charge in [0.25, 0.3) is 0 Å². The quantitative estimate of drug-likeness (QED) is 0.676. The first-order chi connectivity index (χ1) is 9.83. The van der Waals surface area contributed by atoms with Crippen LogP contribution in [0, 0.1) is 0 Å². The van der Waals surface area contributed by atoms with Gasteiger partial charge in [-0.15, -0.1) is 0 Å². The van der Waals surface area contributed by atoms with Gasteiger partial charge in [-0.05, 0) is 36.2 Å². The number of aryl methyl sites for hydroxylation is 1. The molecule has 2 heterocycles. The fraction of sp³-hybridized carbons (Fsp3) is 0.118. The molecule has 0 aliphatic rings. The lowest BCUT2D eigenvalue weighted by Crippen LogP contribution is -2.02. The van der Waals surface area contributed by atoms with Gasteiger partial charge in [0.05, 0.1) is 5.52 Å². The Labute approximate surface area is 117 Å². The van der Waals surface area contributed by atoms with Crippen LogP contribution in [-0.4, -0.2) is 15.8 Å². The molecule has 0 N–H and O–H groups in total. The second-order valence-corrected chi connectivity index (χ2v) is 4.70. The molecule has 20 heavy (non-hydrogen) atoms. The third-order valence-corrected chi connectivity index (χ3v) is 3.30. The maximum absolute atomic E-state index is 12.2. The van der Waals surface area contributed by atoms with E-state index in [4.69, 9.17) is 0 Å². The van der Waals surface area contributed by atoms with Crippen molar-refractivity contribution in [3.05, 3.63) is 72.2 Å². The van der Waals surface area contributed by atoms with E-state index in [2.05, 4.69) is 9.97 Å². The molecule has 3 heteroatoms. The summed E-state index contributed by atoms with van der Waals surface area (Å²) in [5, 5.41) is 1.00. The van der Waals surface area contributed by atoms with E-state index in [9.17, 15) is 4.79 Å². The molecule has 0 amide bonds. The van der Waals surface area contributed by atoms with Gasteiger partial charge in [0.1, 0.15) is 0 Å². The number of hydrogen-bond acceptors (Lipinski definition) is 3. The van der Waals surface area contributed by atoms with Gasteiger partial charge in [-0.25, -0.2) is 0 Å². The number of para-hydroxylation sites is 1. The minimum Gasteiger partial charge on any atom is -0.294 e. The third-order valence-electron chi connectivity index (χ3n) is 3.30. The molecule has 0 radical (unpaired) electrons. The lowest BCUT2D eigenvalue weighted by molar-refractivity contribution is 0.0982. The maximum Gasteiger partial charge on any atom is 0.164 e. The summed E-state index contributed by atoms with van der Waals surface area (Å²) in [7, 11) is 0. The molecule has 0 bridgehead atoms. The first kappa shape index (κ1) is 12.5. The molecule has 0 fully saturated rings. The van der Waals surface area contributed by atoms with Crippen LogP contribution in [0.1, 0.15) is 22.3 Å². The monoisotopic (exact) mass is 262 g/mol. The van der Waals surface area contributed by atoms with Crippen molar-refractivity contribution in [3.63, 3.8) is 0 Å². The molecule has 0 saturated heterocycles. The Kier molecular flexibility index (Phi) is 3.50. The molecule has 0 aliphatic carbocycles. The summed E-state index contributed by atoms with van der Waals surface area (Å²) in [5.41, 5.74) is 2.72. The molecule has 3 rings (SSSR count). The largest absolute Gasteiger partial charge is 0.294 e. The van der Waals surface area contributed by atoms with Crippen LogP contribution in [0.2, 0.25) is 0 Å². The van der Waals surface area contributed by atoms with E-state index in [1.54, 1.807) is 18.6 Å². The second-order valence-electron chi connectivity index (χ2n) is 4.70. The number of hydrogen-bond donors (Lipinski definition) is 0. The van der Waals surface area contributed by atoms with Crippen LogP contribution in [0.25, 0.3) is 10.9 Å². The van der Waals surface area contributed by atoms with Gasteiger partial charge in [0.15, 0.2) is 5.78 Å². The highest BCUT2D eigenvalue weighted by molar-refractivity contribution is 5.98. The van der Waals surface area contributed by atoms with E-state index in [0.717, 1.165) is 22.9 Å². The zero-order chi connectivity index (χ0) is 13.8. The molecule has 0 spiro atoms. The minimum atomic E-state index is 0.125. The number of benzene rings is 1. The summed E-state index contributed by atoms with van der Waals surface area (Å²) in [5.74, 6) is 0.125. The van der Waals surface area contributed by atoms with E-state index >= 15 is 0 Å². The molecule has 0 atom stereocenters. The number of pyridine rings is 2. The minimum absolute atomic E-state index is 0.125. The van der Waals surface area contributed by atoms with Gasteiger partial charge in [-0.2, -0.15) is 0 Å². The number of ketones is 1. The van der Waals surface area contributed by atoms with Crippen LogP contribution < -0.4 is 0 Å². The number of Topliss-reactive ketones (excluding diaryl/α,β-unsaturated/α-hetero) is 1. The second kappa shape index (κ2) is 5.61. The molecule has 0 saturated carbocycles. The smallest absolute Gasteiger partial charge is 0.164 e. The molecule has 3 aromatic rings. The Balaban J connectivity index is 1.75. The van der Waals surface area contributed by atoms with Crippen molar-refractivity contribution >= 4 is 16.7 Å². The highest BCUT2D eigenvalue weighted by Gasteiger charge is 2.07. The van der Waals surface area contributed by atoms with Crippen molar-refractivity contribution in [2.75, 3.05) is 0 Å². The third kappa shape index (κ3) is 2.72. The van der Waals surface area contributed by atoms with Gasteiger partial charge in [-0.1, -0.05) is 18.2 Å². The van der Waals surface area contributed by atoms with Gasteiger partial charge in [-0.3, -0.25) is 14.8 Å². The summed E-state index contributed by atoms with van der Waals surface area (Å²) >= 11 is 0. The standard InChI is InChI=1S/C17H14N2O/c20-17(6-5-13-7-9-18-10-8-13)15-11-14-3-1-2-4-16(14)19-12-15/h1-4,7-12H,5-6H2. The molecule has 0 aliphatic heterocycles. The van der Waals surface area contributed by atoms with Gasteiger partial charge in [0, 0.05) is 36.0 Å². The zero-order valence-electron chi connectivity index (χ0n) is 11.0. The summed E-state index contributed by atoms with van der Waals surface area (Å²) in [6, 6.07) is 13.6. The number of carbonyl (C=O) groups excluding carboxylic acids is 1. The van der Waals surface area contributed by atoms with Gasteiger partial charge in [0.2, 0.25) is 0 Å². The van der Waals surface area contributed by atoms with E-state index in [0.29, 0.717) is 12.0 Å². The Hall–Kier alpha value is -2.55. The van der Waals surface area contributed by atoms with Crippen LogP contribution in [0.15, 0.2) is 61.1 Å². The molecule has 3 nitrogen and oxygen atoms in total. The van der Waals surface area contributed by atoms with Crippen LogP contribution in [0.3, 0.4) is 0 Å². The summed E-state index contributed by atoms with van der Waals surface area (Å²) in [4.78, 5) is 20.5. The normalized spacial score (nSPS) is 10.6. The Morgan fingerprint density at radius 3 is 2.70 bits per heavy atom. The first-order valence-electron chi connectivity index (χ1n) is 6.60. The Morgan fingerprint density at radius 1 is 1.05 bits per heavy atom. The Morgan fingerprint density at radius 2 is 1.85 bits per heavy atom. The highest BCUT2D eigenvalue weighted by Crippen LogP contribution is 2.14. The van der Waals surface area contributed by atoms with Crippen molar-refractivity contribution in [3.8, 4) is 0 Å². The molecule has 1 aromatic carbocycles. The predicted molar refractivity (Wildman–Crippen MR) is 78.6 cm³/mol. The average molecular weight is 262 g/mol. The Bertz CT molecular complexity index is 738. The first-order valence-corrected chi connectivity index (χ1v) is 6.60. The van der Waals surface area contributed by atoms with Gasteiger partial charge >= 0.3 is 0 Å². The summed E-state index contributed by atoms with van der Waals surface area (Å²) in [6.07, 6.45) is 6.38. The van der Waals surface area contributed by atoms with E-state index in [1.165, 1.54) is 0 Å². The summed E-state index contributed by atoms with van der Waals surface area (Å²) in [6.45, 7) is 0. The number of nitrogens with zero attached hydrogens (tertiary/aromatic N) is 2. The lowest BCUT2D eigenvalue weighted by Gasteiger charge is -2.03. The fourth-order valence-electron chi connectivity index (χ4n) is 2.18. The fourth-order valence-corrected chi connectivity index (χ4v) is 2.18. The van der Waals surface area contributed by atoms with Crippen molar-refractivity contribution in [1.82, 2.24) is 9.97 Å².